The maximum atomic E-state index is 12.3. The number of hydrogen-bond acceptors (Lipinski definition) is 5. The molecule has 0 saturated carbocycles. The van der Waals surface area contributed by atoms with Gasteiger partial charge in [0.1, 0.15) is 12.1 Å². The first kappa shape index (κ1) is 17.1. The van der Waals surface area contributed by atoms with E-state index in [1.54, 1.807) is 23.1 Å². The summed E-state index contributed by atoms with van der Waals surface area (Å²) in [5, 5.41) is 8.99. The summed E-state index contributed by atoms with van der Waals surface area (Å²) in [7, 11) is 0. The van der Waals surface area contributed by atoms with Crippen LogP contribution in [-0.4, -0.2) is 29.1 Å². The van der Waals surface area contributed by atoms with Gasteiger partial charge in [0.2, 0.25) is 0 Å². The molecule has 0 bridgehead atoms. The molecular formula is C21H19N3O3. The molecule has 136 valence electrons. The quantitative estimate of drug-likeness (QED) is 0.698. The van der Waals surface area contributed by atoms with Crippen LogP contribution in [-0.2, 0) is 11.3 Å². The number of amides is 1. The van der Waals surface area contributed by atoms with Gasteiger partial charge in [-0.3, -0.25) is 0 Å². The third kappa shape index (κ3) is 3.77. The first-order valence-corrected chi connectivity index (χ1v) is 8.99. The lowest BCUT2D eigenvalue weighted by atomic mass is 9.97. The Morgan fingerprint density at radius 3 is 2.74 bits per heavy atom. The van der Waals surface area contributed by atoms with Gasteiger partial charge in [-0.15, -0.1) is 0 Å². The molecule has 4 rings (SSSR count). The van der Waals surface area contributed by atoms with Crippen LogP contribution in [0.2, 0.25) is 0 Å². The summed E-state index contributed by atoms with van der Waals surface area (Å²) < 4.78 is 11.3. The number of nitriles is 1. The van der Waals surface area contributed by atoms with Gasteiger partial charge in [-0.05, 0) is 36.6 Å². The molecule has 1 amide bonds. The third-order valence-electron chi connectivity index (χ3n) is 4.84. The van der Waals surface area contributed by atoms with Crippen LogP contribution in [0.3, 0.4) is 0 Å². The number of piperidine rings is 1. The summed E-state index contributed by atoms with van der Waals surface area (Å²) >= 11 is 0. The summed E-state index contributed by atoms with van der Waals surface area (Å²) in [5.74, 6) is 0.846. The van der Waals surface area contributed by atoms with E-state index in [1.165, 1.54) is 0 Å². The summed E-state index contributed by atoms with van der Waals surface area (Å²) in [6.07, 6.45) is 1.27. The highest BCUT2D eigenvalue weighted by Gasteiger charge is 2.27. The maximum Gasteiger partial charge on any atom is 0.410 e. The van der Waals surface area contributed by atoms with Gasteiger partial charge in [0.15, 0.2) is 11.5 Å². The van der Waals surface area contributed by atoms with Crippen LogP contribution in [0.15, 0.2) is 52.9 Å². The van der Waals surface area contributed by atoms with Crippen molar-refractivity contribution in [1.29, 1.82) is 5.26 Å². The summed E-state index contributed by atoms with van der Waals surface area (Å²) in [5.41, 5.74) is 2.93. The number of carbonyl (C=O) groups is 1. The number of benzene rings is 2. The van der Waals surface area contributed by atoms with Crippen molar-refractivity contribution in [2.24, 2.45) is 0 Å². The second kappa shape index (κ2) is 7.50. The van der Waals surface area contributed by atoms with Gasteiger partial charge in [-0.1, -0.05) is 30.3 Å². The fraction of sp³-hybridized carbons (Fsp3) is 0.286. The number of nitrogens with zero attached hydrogens (tertiary/aromatic N) is 3. The van der Waals surface area contributed by atoms with Crippen molar-refractivity contribution in [1.82, 2.24) is 9.88 Å². The van der Waals surface area contributed by atoms with E-state index in [0.29, 0.717) is 35.6 Å². The Hall–Kier alpha value is -3.33. The largest absolute Gasteiger partial charge is 0.445 e. The number of rotatable bonds is 3. The minimum Gasteiger partial charge on any atom is -0.445 e. The van der Waals surface area contributed by atoms with Crippen LogP contribution < -0.4 is 0 Å². The number of ether oxygens (including phenoxy) is 1. The van der Waals surface area contributed by atoms with Crippen molar-refractivity contribution in [3.05, 3.63) is 65.5 Å². The molecule has 0 radical (unpaired) electrons. The Balaban J connectivity index is 1.34. The molecule has 1 aliphatic heterocycles. The molecule has 1 fully saturated rings. The summed E-state index contributed by atoms with van der Waals surface area (Å²) in [6, 6.07) is 17.0. The highest BCUT2D eigenvalue weighted by molar-refractivity contribution is 5.74. The number of oxazole rings is 1. The Morgan fingerprint density at radius 2 is 2.00 bits per heavy atom. The SMILES string of the molecule is N#Cc1ccc2oc(C3CCN(C(=O)OCc4ccccc4)CC3)nc2c1. The van der Waals surface area contributed by atoms with E-state index >= 15 is 0 Å². The van der Waals surface area contributed by atoms with Crippen LogP contribution >= 0.6 is 0 Å². The Bertz CT molecular complexity index is 983. The minimum atomic E-state index is -0.284. The van der Waals surface area contributed by atoms with Gasteiger partial charge in [-0.25, -0.2) is 9.78 Å². The molecule has 1 aromatic heterocycles. The molecule has 27 heavy (non-hydrogen) atoms. The van der Waals surface area contributed by atoms with Gasteiger partial charge in [0.25, 0.3) is 0 Å². The molecule has 6 nitrogen and oxygen atoms in total. The molecule has 1 saturated heterocycles. The van der Waals surface area contributed by atoms with Crippen LogP contribution in [0.25, 0.3) is 11.1 Å². The van der Waals surface area contributed by atoms with Gasteiger partial charge < -0.3 is 14.1 Å². The molecule has 0 atom stereocenters. The molecule has 2 aromatic carbocycles. The fourth-order valence-corrected chi connectivity index (χ4v) is 3.31. The molecular weight excluding hydrogens is 342 g/mol. The van der Waals surface area contributed by atoms with Crippen LogP contribution in [0.1, 0.15) is 35.8 Å². The molecule has 1 aliphatic rings. The maximum absolute atomic E-state index is 12.3. The van der Waals surface area contributed by atoms with Crippen molar-refractivity contribution in [3.8, 4) is 6.07 Å². The minimum absolute atomic E-state index is 0.168. The van der Waals surface area contributed by atoms with E-state index in [4.69, 9.17) is 14.4 Å². The number of aromatic nitrogens is 1. The smallest absolute Gasteiger partial charge is 0.410 e. The van der Waals surface area contributed by atoms with Crippen LogP contribution in [0.4, 0.5) is 4.79 Å². The van der Waals surface area contributed by atoms with Crippen molar-refractivity contribution < 1.29 is 13.9 Å². The zero-order valence-corrected chi connectivity index (χ0v) is 14.8. The second-order valence-electron chi connectivity index (χ2n) is 6.65. The molecule has 2 heterocycles. The van der Waals surface area contributed by atoms with Gasteiger partial charge in [-0.2, -0.15) is 5.26 Å². The Kier molecular flexibility index (Phi) is 4.75. The lowest BCUT2D eigenvalue weighted by Crippen LogP contribution is -2.38. The number of likely N-dealkylation sites (tertiary alicyclic amines) is 1. The molecule has 0 N–H and O–H groups in total. The highest BCUT2D eigenvalue weighted by atomic mass is 16.6. The molecule has 0 spiro atoms. The predicted molar refractivity (Wildman–Crippen MR) is 98.9 cm³/mol. The van der Waals surface area contributed by atoms with Crippen LogP contribution in [0, 0.1) is 11.3 Å². The number of hydrogen-bond donors (Lipinski definition) is 0. The molecule has 6 heteroatoms. The lowest BCUT2D eigenvalue weighted by Gasteiger charge is -2.29. The predicted octanol–water partition coefficient (Wildman–Crippen LogP) is 4.22. The topological polar surface area (TPSA) is 79.4 Å². The molecule has 0 aliphatic carbocycles. The Labute approximate surface area is 157 Å². The first-order valence-electron chi connectivity index (χ1n) is 8.99. The zero-order chi connectivity index (χ0) is 18.6. The normalized spacial score (nSPS) is 14.9. The number of fused-ring (bicyclic) bond motifs is 1. The average molecular weight is 361 g/mol. The van der Waals surface area contributed by atoms with E-state index in [1.807, 2.05) is 30.3 Å². The van der Waals surface area contributed by atoms with E-state index in [-0.39, 0.29) is 18.6 Å². The van der Waals surface area contributed by atoms with E-state index in [0.717, 1.165) is 18.4 Å². The highest BCUT2D eigenvalue weighted by Crippen LogP contribution is 2.30. The zero-order valence-electron chi connectivity index (χ0n) is 14.8. The molecule has 3 aromatic rings. The van der Waals surface area contributed by atoms with Crippen LogP contribution in [0.5, 0.6) is 0 Å². The van der Waals surface area contributed by atoms with Gasteiger partial charge in [0.05, 0.1) is 11.6 Å². The molecule has 0 unspecified atom stereocenters. The number of carbonyl (C=O) groups excluding carboxylic acids is 1. The second-order valence-corrected chi connectivity index (χ2v) is 6.65. The van der Waals surface area contributed by atoms with Crippen molar-refractivity contribution in [2.45, 2.75) is 25.4 Å². The standard InChI is InChI=1S/C21H19N3O3/c22-13-16-6-7-19-18(12-16)23-20(27-19)17-8-10-24(11-9-17)21(25)26-14-15-4-2-1-3-5-15/h1-7,12,17H,8-11,14H2. The Morgan fingerprint density at radius 1 is 1.22 bits per heavy atom. The monoisotopic (exact) mass is 361 g/mol. The average Bonchev–Trinajstić information content (AvgIpc) is 3.16. The van der Waals surface area contributed by atoms with E-state index in [2.05, 4.69) is 11.1 Å². The van der Waals surface area contributed by atoms with Crippen molar-refractivity contribution in [2.75, 3.05) is 13.1 Å². The van der Waals surface area contributed by atoms with Gasteiger partial charge >= 0.3 is 6.09 Å². The third-order valence-corrected chi connectivity index (χ3v) is 4.84. The lowest BCUT2D eigenvalue weighted by molar-refractivity contribution is 0.0857. The van der Waals surface area contributed by atoms with Crippen molar-refractivity contribution in [3.63, 3.8) is 0 Å². The summed E-state index contributed by atoms with van der Waals surface area (Å²) in [6.45, 7) is 1.51. The van der Waals surface area contributed by atoms with Gasteiger partial charge in [0, 0.05) is 19.0 Å². The van der Waals surface area contributed by atoms with E-state index in [9.17, 15) is 4.79 Å². The summed E-state index contributed by atoms with van der Waals surface area (Å²) in [4.78, 5) is 18.5. The van der Waals surface area contributed by atoms with Crippen molar-refractivity contribution >= 4 is 17.2 Å². The van der Waals surface area contributed by atoms with E-state index < -0.39 is 0 Å². The fourth-order valence-electron chi connectivity index (χ4n) is 3.31. The first-order chi connectivity index (χ1) is 13.2.